The standard InChI is InChI=1S/C9H16N4/c1-11-5-7-13(8-6-11)9-3-4-12(2)10-9/h3-4H,5-8H2,1-2H3. The minimum absolute atomic E-state index is 1.09. The van der Waals surface area contributed by atoms with Crippen molar-refractivity contribution in [3.63, 3.8) is 0 Å². The molecule has 0 saturated carbocycles. The normalized spacial score (nSPS) is 19.4. The van der Waals surface area contributed by atoms with Crippen LogP contribution in [-0.4, -0.2) is 47.9 Å². The van der Waals surface area contributed by atoms with Gasteiger partial charge in [0.15, 0.2) is 5.82 Å². The number of hydrogen-bond acceptors (Lipinski definition) is 3. The lowest BCUT2D eigenvalue weighted by atomic mass is 10.3. The van der Waals surface area contributed by atoms with E-state index in [1.165, 1.54) is 0 Å². The minimum Gasteiger partial charge on any atom is -0.353 e. The van der Waals surface area contributed by atoms with Crippen molar-refractivity contribution in [2.45, 2.75) is 0 Å². The first-order valence-corrected chi connectivity index (χ1v) is 4.69. The van der Waals surface area contributed by atoms with Crippen LogP contribution in [0.3, 0.4) is 0 Å². The molecule has 0 aliphatic carbocycles. The molecule has 2 heterocycles. The molecule has 0 N–H and O–H groups in total. The van der Waals surface area contributed by atoms with E-state index in [0.29, 0.717) is 0 Å². The smallest absolute Gasteiger partial charge is 0.150 e. The Morgan fingerprint density at radius 2 is 1.85 bits per heavy atom. The number of hydrogen-bond donors (Lipinski definition) is 0. The fraction of sp³-hybridized carbons (Fsp3) is 0.667. The van der Waals surface area contributed by atoms with Gasteiger partial charge in [-0.25, -0.2) is 0 Å². The van der Waals surface area contributed by atoms with Gasteiger partial charge in [0, 0.05) is 45.5 Å². The zero-order chi connectivity index (χ0) is 9.26. The maximum atomic E-state index is 4.38. The Labute approximate surface area is 78.7 Å². The van der Waals surface area contributed by atoms with E-state index in [1.54, 1.807) is 0 Å². The summed E-state index contributed by atoms with van der Waals surface area (Å²) in [7, 11) is 4.12. The van der Waals surface area contributed by atoms with E-state index in [9.17, 15) is 0 Å². The number of nitrogens with zero attached hydrogens (tertiary/aromatic N) is 4. The van der Waals surface area contributed by atoms with Crippen LogP contribution in [0.25, 0.3) is 0 Å². The molecule has 1 fully saturated rings. The van der Waals surface area contributed by atoms with Gasteiger partial charge in [-0.15, -0.1) is 0 Å². The Morgan fingerprint density at radius 1 is 1.15 bits per heavy atom. The van der Waals surface area contributed by atoms with Gasteiger partial charge in [-0.05, 0) is 7.05 Å². The van der Waals surface area contributed by atoms with Crippen molar-refractivity contribution in [3.05, 3.63) is 12.3 Å². The van der Waals surface area contributed by atoms with E-state index < -0.39 is 0 Å². The highest BCUT2D eigenvalue weighted by molar-refractivity contribution is 5.37. The summed E-state index contributed by atoms with van der Waals surface area (Å²) in [5, 5.41) is 4.38. The average Bonchev–Trinajstić information content (AvgIpc) is 2.53. The second-order valence-corrected chi connectivity index (χ2v) is 3.64. The first-order chi connectivity index (χ1) is 6.25. The SMILES string of the molecule is CN1CCN(c2ccn(C)n2)CC1. The first-order valence-electron chi connectivity index (χ1n) is 4.69. The van der Waals surface area contributed by atoms with Crippen LogP contribution in [0.2, 0.25) is 0 Å². The van der Waals surface area contributed by atoms with Gasteiger partial charge in [0.25, 0.3) is 0 Å². The van der Waals surface area contributed by atoms with Gasteiger partial charge in [-0.1, -0.05) is 0 Å². The summed E-state index contributed by atoms with van der Waals surface area (Å²) in [6.07, 6.45) is 1.99. The molecule has 1 aromatic heterocycles. The fourth-order valence-electron chi connectivity index (χ4n) is 1.61. The monoisotopic (exact) mass is 180 g/mol. The number of piperazine rings is 1. The Bertz CT molecular complexity index is 273. The van der Waals surface area contributed by atoms with Gasteiger partial charge in [0.2, 0.25) is 0 Å². The van der Waals surface area contributed by atoms with Crippen LogP contribution < -0.4 is 4.90 Å². The Kier molecular flexibility index (Phi) is 2.22. The predicted molar refractivity (Wildman–Crippen MR) is 52.9 cm³/mol. The highest BCUT2D eigenvalue weighted by atomic mass is 15.4. The van der Waals surface area contributed by atoms with Crippen LogP contribution >= 0.6 is 0 Å². The van der Waals surface area contributed by atoms with Gasteiger partial charge in [0.05, 0.1) is 0 Å². The summed E-state index contributed by atoms with van der Waals surface area (Å²) in [5.41, 5.74) is 0. The second-order valence-electron chi connectivity index (χ2n) is 3.64. The lowest BCUT2D eigenvalue weighted by Gasteiger charge is -2.32. The molecule has 72 valence electrons. The van der Waals surface area contributed by atoms with Crippen molar-refractivity contribution in [2.75, 3.05) is 38.1 Å². The van der Waals surface area contributed by atoms with Crippen molar-refractivity contribution >= 4 is 5.82 Å². The molecule has 0 aromatic carbocycles. The van der Waals surface area contributed by atoms with Gasteiger partial charge in [-0.2, -0.15) is 5.10 Å². The predicted octanol–water partition coefficient (Wildman–Crippen LogP) is 0.172. The molecule has 0 atom stereocenters. The maximum Gasteiger partial charge on any atom is 0.150 e. The molecule has 0 bridgehead atoms. The average molecular weight is 180 g/mol. The largest absolute Gasteiger partial charge is 0.353 e. The van der Waals surface area contributed by atoms with E-state index in [-0.39, 0.29) is 0 Å². The molecular formula is C9H16N4. The zero-order valence-corrected chi connectivity index (χ0v) is 8.27. The quantitative estimate of drug-likeness (QED) is 0.616. The Balaban J connectivity index is 2.02. The van der Waals surface area contributed by atoms with Gasteiger partial charge in [0.1, 0.15) is 0 Å². The zero-order valence-electron chi connectivity index (χ0n) is 8.27. The lowest BCUT2D eigenvalue weighted by Crippen LogP contribution is -2.44. The third-order valence-corrected chi connectivity index (χ3v) is 2.53. The second kappa shape index (κ2) is 3.38. The highest BCUT2D eigenvalue weighted by Crippen LogP contribution is 2.11. The van der Waals surface area contributed by atoms with Crippen LogP contribution in [0.4, 0.5) is 5.82 Å². The first kappa shape index (κ1) is 8.56. The van der Waals surface area contributed by atoms with E-state index in [4.69, 9.17) is 0 Å². The topological polar surface area (TPSA) is 24.3 Å². The molecule has 1 aliphatic heterocycles. The van der Waals surface area contributed by atoms with Crippen molar-refractivity contribution in [3.8, 4) is 0 Å². The highest BCUT2D eigenvalue weighted by Gasteiger charge is 2.15. The van der Waals surface area contributed by atoms with Gasteiger partial charge in [-0.3, -0.25) is 4.68 Å². The van der Waals surface area contributed by atoms with Crippen LogP contribution in [0, 0.1) is 0 Å². The van der Waals surface area contributed by atoms with Gasteiger partial charge < -0.3 is 9.80 Å². The number of likely N-dealkylation sites (N-methyl/N-ethyl adjacent to an activating group) is 1. The molecule has 1 aromatic rings. The van der Waals surface area contributed by atoms with E-state index >= 15 is 0 Å². The lowest BCUT2D eigenvalue weighted by molar-refractivity contribution is 0.312. The summed E-state index contributed by atoms with van der Waals surface area (Å²) in [4.78, 5) is 4.68. The van der Waals surface area contributed by atoms with Crippen LogP contribution in [0.5, 0.6) is 0 Å². The third kappa shape index (κ3) is 1.83. The Morgan fingerprint density at radius 3 is 2.38 bits per heavy atom. The van der Waals surface area contributed by atoms with Crippen molar-refractivity contribution < 1.29 is 0 Å². The van der Waals surface area contributed by atoms with Crippen molar-refractivity contribution in [1.82, 2.24) is 14.7 Å². The molecule has 2 rings (SSSR count). The van der Waals surface area contributed by atoms with E-state index in [1.807, 2.05) is 17.9 Å². The molecule has 13 heavy (non-hydrogen) atoms. The molecule has 1 saturated heterocycles. The maximum absolute atomic E-state index is 4.38. The van der Waals surface area contributed by atoms with E-state index in [2.05, 4.69) is 28.0 Å². The van der Waals surface area contributed by atoms with Crippen LogP contribution in [0.15, 0.2) is 12.3 Å². The Hall–Kier alpha value is -1.03. The summed E-state index contributed by atoms with van der Waals surface area (Å²) in [6, 6.07) is 2.07. The fourth-order valence-corrected chi connectivity index (χ4v) is 1.61. The molecule has 4 nitrogen and oxygen atoms in total. The molecule has 0 radical (unpaired) electrons. The summed E-state index contributed by atoms with van der Waals surface area (Å²) >= 11 is 0. The number of anilines is 1. The number of rotatable bonds is 1. The summed E-state index contributed by atoms with van der Waals surface area (Å²) < 4.78 is 1.85. The third-order valence-electron chi connectivity index (χ3n) is 2.53. The molecule has 0 spiro atoms. The van der Waals surface area contributed by atoms with Crippen LogP contribution in [-0.2, 0) is 7.05 Å². The minimum atomic E-state index is 1.09. The van der Waals surface area contributed by atoms with Gasteiger partial charge >= 0.3 is 0 Å². The molecule has 1 aliphatic rings. The summed E-state index contributed by atoms with van der Waals surface area (Å²) in [6.45, 7) is 4.45. The van der Waals surface area contributed by atoms with Crippen molar-refractivity contribution in [1.29, 1.82) is 0 Å². The number of aromatic nitrogens is 2. The molecule has 4 heteroatoms. The molecule has 0 unspecified atom stereocenters. The molecular weight excluding hydrogens is 164 g/mol. The van der Waals surface area contributed by atoms with Crippen LogP contribution in [0.1, 0.15) is 0 Å². The summed E-state index contributed by atoms with van der Waals surface area (Å²) in [5.74, 6) is 1.11. The van der Waals surface area contributed by atoms with Crippen molar-refractivity contribution in [2.24, 2.45) is 7.05 Å². The number of aryl methyl sites for hydroxylation is 1. The van der Waals surface area contributed by atoms with E-state index in [0.717, 1.165) is 32.0 Å². The molecule has 0 amide bonds.